The van der Waals surface area contributed by atoms with Gasteiger partial charge in [0.15, 0.2) is 0 Å². The monoisotopic (exact) mass is 325 g/mol. The molecule has 0 unspecified atom stereocenters. The van der Waals surface area contributed by atoms with Crippen molar-refractivity contribution < 1.29 is 9.53 Å². The number of nitrogens with two attached hydrogens (primary N) is 1. The zero-order valence-electron chi connectivity index (χ0n) is 14.1. The number of allylic oxidation sites excluding steroid dienone is 1. The molecule has 2 aromatic rings. The largest absolute Gasteiger partial charge is 0.490 e. The molecule has 5 heteroatoms. The van der Waals surface area contributed by atoms with Gasteiger partial charge < -0.3 is 15.8 Å². The molecule has 0 aliphatic rings. The average molecular weight is 325 g/mol. The Kier molecular flexibility index (Phi) is 6.37. The molecular formula is C19H23N3O2. The summed E-state index contributed by atoms with van der Waals surface area (Å²) in [6, 6.07) is 11.1. The molecule has 0 aliphatic heterocycles. The number of nitrogen functional groups attached to an aromatic ring is 1. The van der Waals surface area contributed by atoms with E-state index in [9.17, 15) is 4.79 Å². The number of carbonyl (C=O) groups is 1. The number of aromatic nitrogens is 1. The van der Waals surface area contributed by atoms with Crippen LogP contribution in [-0.2, 0) is 6.54 Å². The lowest BCUT2D eigenvalue weighted by atomic mass is 10.2. The van der Waals surface area contributed by atoms with Crippen LogP contribution in [0, 0.1) is 6.92 Å². The summed E-state index contributed by atoms with van der Waals surface area (Å²) in [7, 11) is 0. The predicted molar refractivity (Wildman–Crippen MR) is 95.9 cm³/mol. The number of nitrogens with one attached hydrogen (secondary N) is 1. The number of carbonyl (C=O) groups excluding carboxylic acids is 1. The van der Waals surface area contributed by atoms with Crippen molar-refractivity contribution in [2.75, 3.05) is 12.3 Å². The van der Waals surface area contributed by atoms with E-state index in [-0.39, 0.29) is 11.7 Å². The van der Waals surface area contributed by atoms with Gasteiger partial charge in [-0.1, -0.05) is 31.2 Å². The summed E-state index contributed by atoms with van der Waals surface area (Å²) >= 11 is 0. The van der Waals surface area contributed by atoms with Crippen LogP contribution < -0.4 is 15.8 Å². The molecule has 0 radical (unpaired) electrons. The Morgan fingerprint density at radius 3 is 2.88 bits per heavy atom. The summed E-state index contributed by atoms with van der Waals surface area (Å²) in [4.78, 5) is 16.3. The number of hydrogen-bond acceptors (Lipinski definition) is 4. The molecule has 0 fully saturated rings. The van der Waals surface area contributed by atoms with E-state index in [4.69, 9.17) is 10.5 Å². The van der Waals surface area contributed by atoms with Crippen molar-refractivity contribution in [1.82, 2.24) is 10.3 Å². The number of hydrogen-bond donors (Lipinski definition) is 2. The highest BCUT2D eigenvalue weighted by molar-refractivity contribution is 5.98. The van der Waals surface area contributed by atoms with Gasteiger partial charge in [0.1, 0.15) is 18.2 Å². The highest BCUT2D eigenvalue weighted by Gasteiger charge is 2.10. The molecule has 0 bridgehead atoms. The predicted octanol–water partition coefficient (Wildman–Crippen LogP) is 3.25. The first kappa shape index (κ1) is 17.5. The fourth-order valence-corrected chi connectivity index (χ4v) is 2.17. The second kappa shape index (κ2) is 8.72. The lowest BCUT2D eigenvalue weighted by molar-refractivity contribution is 0.0951. The number of rotatable bonds is 7. The number of pyridine rings is 1. The molecule has 1 aromatic heterocycles. The Bertz CT molecular complexity index is 726. The minimum absolute atomic E-state index is 0.239. The summed E-state index contributed by atoms with van der Waals surface area (Å²) in [5.41, 5.74) is 7.92. The Morgan fingerprint density at radius 1 is 1.29 bits per heavy atom. The van der Waals surface area contributed by atoms with Crippen molar-refractivity contribution in [2.45, 2.75) is 26.8 Å². The Labute approximate surface area is 142 Å². The number of ether oxygens (including phenoxy) is 1. The first-order valence-corrected chi connectivity index (χ1v) is 7.98. The van der Waals surface area contributed by atoms with Crippen molar-refractivity contribution in [3.05, 3.63) is 65.4 Å². The molecule has 0 atom stereocenters. The maximum absolute atomic E-state index is 12.2. The molecule has 1 amide bonds. The van der Waals surface area contributed by atoms with Gasteiger partial charge in [-0.05, 0) is 43.2 Å². The van der Waals surface area contributed by atoms with Crippen LogP contribution in [0.2, 0.25) is 0 Å². The number of benzene rings is 1. The van der Waals surface area contributed by atoms with Crippen molar-refractivity contribution in [1.29, 1.82) is 0 Å². The van der Waals surface area contributed by atoms with Crippen LogP contribution in [0.4, 0.5) is 5.82 Å². The molecule has 0 aliphatic carbocycles. The Morgan fingerprint density at radius 2 is 2.12 bits per heavy atom. The van der Waals surface area contributed by atoms with E-state index < -0.39 is 0 Å². The van der Waals surface area contributed by atoms with E-state index in [1.807, 2.05) is 37.3 Å². The van der Waals surface area contributed by atoms with E-state index in [0.717, 1.165) is 23.4 Å². The van der Waals surface area contributed by atoms with Gasteiger partial charge in [0, 0.05) is 12.2 Å². The van der Waals surface area contributed by atoms with E-state index in [2.05, 4.69) is 23.3 Å². The summed E-state index contributed by atoms with van der Waals surface area (Å²) in [6.45, 7) is 4.85. The minimum atomic E-state index is -0.239. The number of anilines is 1. The quantitative estimate of drug-likeness (QED) is 0.766. The van der Waals surface area contributed by atoms with Crippen molar-refractivity contribution in [2.24, 2.45) is 0 Å². The van der Waals surface area contributed by atoms with E-state index >= 15 is 0 Å². The number of nitrogens with zero attached hydrogens (tertiary/aromatic N) is 1. The van der Waals surface area contributed by atoms with Crippen LogP contribution in [-0.4, -0.2) is 17.5 Å². The molecular weight excluding hydrogens is 302 g/mol. The van der Waals surface area contributed by atoms with E-state index in [1.54, 1.807) is 12.1 Å². The van der Waals surface area contributed by atoms with Gasteiger partial charge in [0.2, 0.25) is 0 Å². The maximum Gasteiger partial charge on any atom is 0.255 e. The van der Waals surface area contributed by atoms with Crippen LogP contribution in [0.1, 0.15) is 35.0 Å². The zero-order chi connectivity index (χ0) is 17.4. The number of aryl methyl sites for hydroxylation is 1. The second-order valence-corrected chi connectivity index (χ2v) is 5.41. The lowest BCUT2D eigenvalue weighted by Crippen LogP contribution is -2.24. The standard InChI is InChI=1S/C19H23N3O2/c1-3-4-5-11-24-16-8-6-7-15(12-16)13-21-19(23)17-10-9-14(2)22-18(17)20/h4-10,12H,3,11,13H2,1-2H3,(H2,20,22)(H,21,23). The summed E-state index contributed by atoms with van der Waals surface area (Å²) in [5.74, 6) is 0.781. The SMILES string of the molecule is CCC=CCOc1cccc(CNC(=O)c2ccc(C)nc2N)c1. The average Bonchev–Trinajstić information content (AvgIpc) is 2.57. The highest BCUT2D eigenvalue weighted by atomic mass is 16.5. The maximum atomic E-state index is 12.2. The molecule has 2 rings (SSSR count). The Hall–Kier alpha value is -2.82. The van der Waals surface area contributed by atoms with Crippen LogP contribution >= 0.6 is 0 Å². The molecule has 0 saturated carbocycles. The van der Waals surface area contributed by atoms with E-state index in [1.165, 1.54) is 0 Å². The smallest absolute Gasteiger partial charge is 0.255 e. The first-order chi connectivity index (χ1) is 11.6. The van der Waals surface area contributed by atoms with Gasteiger partial charge in [0.05, 0.1) is 5.56 Å². The van der Waals surface area contributed by atoms with Crippen LogP contribution in [0.3, 0.4) is 0 Å². The van der Waals surface area contributed by atoms with Crippen LogP contribution in [0.15, 0.2) is 48.6 Å². The molecule has 1 aromatic carbocycles. The van der Waals surface area contributed by atoms with Gasteiger partial charge in [-0.25, -0.2) is 4.98 Å². The summed E-state index contributed by atoms with van der Waals surface area (Å²) in [5, 5.41) is 2.85. The minimum Gasteiger partial charge on any atom is -0.490 e. The molecule has 5 nitrogen and oxygen atoms in total. The molecule has 24 heavy (non-hydrogen) atoms. The summed E-state index contributed by atoms with van der Waals surface area (Å²) in [6.07, 6.45) is 5.04. The van der Waals surface area contributed by atoms with Gasteiger partial charge in [-0.15, -0.1) is 0 Å². The molecule has 1 heterocycles. The third-order valence-electron chi connectivity index (χ3n) is 3.41. The third-order valence-corrected chi connectivity index (χ3v) is 3.41. The molecule has 126 valence electrons. The molecule has 0 saturated heterocycles. The second-order valence-electron chi connectivity index (χ2n) is 5.41. The van der Waals surface area contributed by atoms with Crippen LogP contribution in [0.25, 0.3) is 0 Å². The molecule has 3 N–H and O–H groups in total. The van der Waals surface area contributed by atoms with Crippen molar-refractivity contribution in [3.8, 4) is 5.75 Å². The van der Waals surface area contributed by atoms with Gasteiger partial charge in [-0.3, -0.25) is 4.79 Å². The normalized spacial score (nSPS) is 10.8. The zero-order valence-corrected chi connectivity index (χ0v) is 14.1. The van der Waals surface area contributed by atoms with Crippen LogP contribution in [0.5, 0.6) is 5.75 Å². The van der Waals surface area contributed by atoms with Gasteiger partial charge in [0.25, 0.3) is 5.91 Å². The Balaban J connectivity index is 1.94. The topological polar surface area (TPSA) is 77.2 Å². The molecule has 0 spiro atoms. The van der Waals surface area contributed by atoms with Gasteiger partial charge in [-0.2, -0.15) is 0 Å². The highest BCUT2D eigenvalue weighted by Crippen LogP contribution is 2.14. The fraction of sp³-hybridized carbons (Fsp3) is 0.263. The van der Waals surface area contributed by atoms with E-state index in [0.29, 0.717) is 18.7 Å². The first-order valence-electron chi connectivity index (χ1n) is 7.98. The van der Waals surface area contributed by atoms with Crippen molar-refractivity contribution in [3.63, 3.8) is 0 Å². The number of amides is 1. The lowest BCUT2D eigenvalue weighted by Gasteiger charge is -2.09. The van der Waals surface area contributed by atoms with Gasteiger partial charge >= 0.3 is 0 Å². The third kappa shape index (κ3) is 5.12. The fourth-order valence-electron chi connectivity index (χ4n) is 2.17. The summed E-state index contributed by atoms with van der Waals surface area (Å²) < 4.78 is 5.64. The van der Waals surface area contributed by atoms with Crippen molar-refractivity contribution >= 4 is 11.7 Å².